The fourth-order valence-corrected chi connectivity index (χ4v) is 5.99. The minimum atomic E-state index is -3.55. The van der Waals surface area contributed by atoms with Crippen LogP contribution in [0.25, 0.3) is 0 Å². The molecule has 0 saturated heterocycles. The van der Waals surface area contributed by atoms with E-state index < -0.39 is 10.0 Å². The van der Waals surface area contributed by atoms with E-state index in [1.165, 1.54) is 22.5 Å². The van der Waals surface area contributed by atoms with Crippen LogP contribution in [0.2, 0.25) is 0 Å². The van der Waals surface area contributed by atoms with Crippen molar-refractivity contribution in [2.75, 3.05) is 11.4 Å². The Morgan fingerprint density at radius 1 is 0.926 bits per heavy atom. The van der Waals surface area contributed by atoms with Crippen LogP contribution in [0.4, 0.5) is 17.1 Å². The van der Waals surface area contributed by atoms with E-state index in [1.54, 1.807) is 0 Å². The smallest absolute Gasteiger partial charge is 0.252 e. The molecule has 1 aliphatic heterocycles. The van der Waals surface area contributed by atoms with E-state index in [9.17, 15) is 8.42 Å². The highest BCUT2D eigenvalue weighted by atomic mass is 32.2. The summed E-state index contributed by atoms with van der Waals surface area (Å²) in [4.78, 5) is 2.11. The normalized spacial score (nSPS) is 13.7. The number of anilines is 3. The molecule has 0 saturated carbocycles. The van der Waals surface area contributed by atoms with Crippen LogP contribution in [0.1, 0.15) is 24.5 Å². The molecule has 2 heterocycles. The zero-order chi connectivity index (χ0) is 18.9. The summed E-state index contributed by atoms with van der Waals surface area (Å²) in [5.74, 6) is 0. The van der Waals surface area contributed by atoms with E-state index in [4.69, 9.17) is 0 Å². The average Bonchev–Trinajstić information content (AvgIpc) is 3.11. The van der Waals surface area contributed by atoms with Gasteiger partial charge in [-0.3, -0.25) is 0 Å². The highest BCUT2D eigenvalue weighted by Gasteiger charge is 2.28. The molecule has 2 aromatic carbocycles. The van der Waals surface area contributed by atoms with Crippen LogP contribution < -0.4 is 9.62 Å². The van der Waals surface area contributed by atoms with Gasteiger partial charge in [0, 0.05) is 17.9 Å². The second-order valence-corrected chi connectivity index (χ2v) is 9.46. The summed E-state index contributed by atoms with van der Waals surface area (Å²) in [7, 11) is -3.55. The van der Waals surface area contributed by atoms with Crippen molar-refractivity contribution < 1.29 is 8.42 Å². The standard InChI is InChI=1S/C21H22N2O2S2/c1-2-14-22-27(24,25)21-20(13-15-26-21)23-18-9-5-3-7-16(18)11-12-17-8-4-6-10-19(17)23/h3-10,13,15,22H,2,11-12,14H2,1H3. The van der Waals surface area contributed by atoms with Gasteiger partial charge in [-0.1, -0.05) is 43.3 Å². The van der Waals surface area contributed by atoms with Gasteiger partial charge in [0.1, 0.15) is 0 Å². The Morgan fingerprint density at radius 3 is 2.11 bits per heavy atom. The Balaban J connectivity index is 1.92. The van der Waals surface area contributed by atoms with E-state index in [-0.39, 0.29) is 0 Å². The fraction of sp³-hybridized carbons (Fsp3) is 0.238. The molecule has 140 valence electrons. The SMILES string of the molecule is CCCNS(=O)(=O)c1sccc1N1c2ccccc2CCc2ccccc21. The largest absolute Gasteiger partial charge is 0.308 e. The fourth-order valence-electron chi connectivity index (χ4n) is 3.50. The summed E-state index contributed by atoms with van der Waals surface area (Å²) in [6.45, 7) is 2.39. The number of rotatable bonds is 5. The molecule has 0 spiro atoms. The molecule has 1 aromatic heterocycles. The molecular formula is C21H22N2O2S2. The lowest BCUT2D eigenvalue weighted by atomic mass is 10.0. The summed E-state index contributed by atoms with van der Waals surface area (Å²) >= 11 is 1.26. The number of fused-ring (bicyclic) bond motifs is 2. The van der Waals surface area contributed by atoms with Gasteiger partial charge in [0.15, 0.2) is 4.21 Å². The van der Waals surface area contributed by atoms with Crippen LogP contribution >= 0.6 is 11.3 Å². The number of nitrogens with one attached hydrogen (secondary N) is 1. The van der Waals surface area contributed by atoms with Crippen molar-refractivity contribution in [3.8, 4) is 0 Å². The third-order valence-corrected chi connectivity index (χ3v) is 7.69. The van der Waals surface area contributed by atoms with Crippen molar-refractivity contribution in [3.05, 3.63) is 71.1 Å². The number of aryl methyl sites for hydroxylation is 2. The zero-order valence-electron chi connectivity index (χ0n) is 15.2. The lowest BCUT2D eigenvalue weighted by Gasteiger charge is -2.27. The Bertz CT molecular complexity index is 1010. The first-order valence-corrected chi connectivity index (χ1v) is 11.5. The van der Waals surface area contributed by atoms with E-state index >= 15 is 0 Å². The second kappa shape index (κ2) is 7.46. The molecular weight excluding hydrogens is 376 g/mol. The summed E-state index contributed by atoms with van der Waals surface area (Å²) in [5.41, 5.74) is 5.26. The molecule has 4 rings (SSSR count). The van der Waals surface area contributed by atoms with Crippen LogP contribution in [-0.2, 0) is 22.9 Å². The molecule has 0 aliphatic carbocycles. The van der Waals surface area contributed by atoms with Crippen molar-refractivity contribution in [2.24, 2.45) is 0 Å². The van der Waals surface area contributed by atoms with Crippen LogP contribution in [0.5, 0.6) is 0 Å². The summed E-state index contributed by atoms with van der Waals surface area (Å²) < 4.78 is 28.9. The predicted octanol–water partition coefficient (Wildman–Crippen LogP) is 5.00. The predicted molar refractivity (Wildman–Crippen MR) is 112 cm³/mol. The Hall–Kier alpha value is -2.15. The number of nitrogens with zero attached hydrogens (tertiary/aromatic N) is 1. The first kappa shape index (κ1) is 18.2. The van der Waals surface area contributed by atoms with Gasteiger partial charge in [-0.2, -0.15) is 0 Å². The number of hydrogen-bond donors (Lipinski definition) is 1. The van der Waals surface area contributed by atoms with Crippen LogP contribution in [-0.4, -0.2) is 15.0 Å². The lowest BCUT2D eigenvalue weighted by molar-refractivity contribution is 0.583. The minimum Gasteiger partial charge on any atom is -0.308 e. The van der Waals surface area contributed by atoms with E-state index in [0.717, 1.165) is 30.6 Å². The Morgan fingerprint density at radius 2 is 1.52 bits per heavy atom. The Kier molecular flexibility index (Phi) is 5.04. The summed E-state index contributed by atoms with van der Waals surface area (Å²) in [5, 5.41) is 1.85. The third-order valence-electron chi connectivity index (χ3n) is 4.77. The summed E-state index contributed by atoms with van der Waals surface area (Å²) in [6, 6.07) is 18.4. The average molecular weight is 399 g/mol. The topological polar surface area (TPSA) is 49.4 Å². The van der Waals surface area contributed by atoms with Gasteiger partial charge < -0.3 is 4.90 Å². The monoisotopic (exact) mass is 398 g/mol. The molecule has 1 aliphatic rings. The molecule has 0 unspecified atom stereocenters. The van der Waals surface area contributed by atoms with Gasteiger partial charge in [-0.25, -0.2) is 13.1 Å². The van der Waals surface area contributed by atoms with E-state index in [1.807, 2.05) is 42.6 Å². The van der Waals surface area contributed by atoms with Crippen molar-refractivity contribution in [3.63, 3.8) is 0 Å². The minimum absolute atomic E-state index is 0.363. The lowest BCUT2D eigenvalue weighted by Crippen LogP contribution is -2.25. The number of thiophene rings is 1. The van der Waals surface area contributed by atoms with Gasteiger partial charge in [0.05, 0.1) is 5.69 Å². The molecule has 6 heteroatoms. The van der Waals surface area contributed by atoms with E-state index in [0.29, 0.717) is 16.4 Å². The van der Waals surface area contributed by atoms with Crippen molar-refractivity contribution in [1.82, 2.24) is 4.72 Å². The van der Waals surface area contributed by atoms with Gasteiger partial charge in [0.2, 0.25) is 0 Å². The number of benzene rings is 2. The maximum atomic E-state index is 12.9. The van der Waals surface area contributed by atoms with Gasteiger partial charge in [-0.15, -0.1) is 11.3 Å². The maximum Gasteiger partial charge on any atom is 0.252 e. The number of para-hydroxylation sites is 2. The highest BCUT2D eigenvalue weighted by Crippen LogP contribution is 2.45. The zero-order valence-corrected chi connectivity index (χ0v) is 16.8. The number of hydrogen-bond acceptors (Lipinski definition) is 4. The highest BCUT2D eigenvalue weighted by molar-refractivity contribution is 7.91. The van der Waals surface area contributed by atoms with Crippen molar-refractivity contribution >= 4 is 38.4 Å². The van der Waals surface area contributed by atoms with Gasteiger partial charge in [0.25, 0.3) is 10.0 Å². The van der Waals surface area contributed by atoms with Gasteiger partial charge >= 0.3 is 0 Å². The molecule has 0 radical (unpaired) electrons. The molecule has 3 aromatic rings. The quantitative estimate of drug-likeness (QED) is 0.658. The molecule has 0 atom stereocenters. The van der Waals surface area contributed by atoms with Crippen molar-refractivity contribution in [2.45, 2.75) is 30.4 Å². The second-order valence-electron chi connectivity index (χ2n) is 6.58. The summed E-state index contributed by atoms with van der Waals surface area (Å²) in [6.07, 6.45) is 2.63. The molecule has 27 heavy (non-hydrogen) atoms. The van der Waals surface area contributed by atoms with Crippen LogP contribution in [0, 0.1) is 0 Å². The molecule has 0 fully saturated rings. The Labute approximate surface area is 164 Å². The van der Waals surface area contributed by atoms with E-state index in [2.05, 4.69) is 33.9 Å². The molecule has 0 amide bonds. The third kappa shape index (κ3) is 3.40. The first-order chi connectivity index (χ1) is 13.1. The van der Waals surface area contributed by atoms with Crippen LogP contribution in [0.3, 0.4) is 0 Å². The molecule has 1 N–H and O–H groups in total. The van der Waals surface area contributed by atoms with Gasteiger partial charge in [-0.05, 0) is 54.0 Å². The van der Waals surface area contributed by atoms with Crippen molar-refractivity contribution in [1.29, 1.82) is 0 Å². The number of sulfonamides is 1. The molecule has 0 bridgehead atoms. The maximum absolute atomic E-state index is 12.9. The van der Waals surface area contributed by atoms with Crippen LogP contribution in [0.15, 0.2) is 64.2 Å². The first-order valence-electron chi connectivity index (χ1n) is 9.15. The molecule has 4 nitrogen and oxygen atoms in total.